The largest absolute Gasteiger partial charge is 0.349 e. The molecule has 34 heavy (non-hydrogen) atoms. The summed E-state index contributed by atoms with van der Waals surface area (Å²) in [5.41, 5.74) is 4.10. The van der Waals surface area contributed by atoms with Crippen LogP contribution in [0.15, 0.2) is 55.0 Å². The van der Waals surface area contributed by atoms with Crippen LogP contribution in [0.4, 0.5) is 11.6 Å². The first-order chi connectivity index (χ1) is 16.4. The topological polar surface area (TPSA) is 113 Å². The van der Waals surface area contributed by atoms with Gasteiger partial charge in [-0.1, -0.05) is 6.07 Å². The Morgan fingerprint density at radius 2 is 2.03 bits per heavy atom. The Bertz CT molecular complexity index is 1270. The molecule has 0 aromatic carbocycles. The van der Waals surface area contributed by atoms with E-state index in [1.165, 1.54) is 0 Å². The zero-order valence-electron chi connectivity index (χ0n) is 19.5. The second-order valence-corrected chi connectivity index (χ2v) is 9.01. The molecule has 4 heterocycles. The Kier molecular flexibility index (Phi) is 5.83. The van der Waals surface area contributed by atoms with Crippen LogP contribution in [0.3, 0.4) is 0 Å². The van der Waals surface area contributed by atoms with Gasteiger partial charge < -0.3 is 10.6 Å². The molecule has 0 radical (unpaired) electrons. The predicted octanol–water partition coefficient (Wildman–Crippen LogP) is 4.12. The van der Waals surface area contributed by atoms with Gasteiger partial charge in [0.1, 0.15) is 5.82 Å². The van der Waals surface area contributed by atoms with Crippen molar-refractivity contribution in [3.8, 4) is 5.82 Å². The van der Waals surface area contributed by atoms with Gasteiger partial charge in [0.05, 0.1) is 6.04 Å². The van der Waals surface area contributed by atoms with E-state index in [4.69, 9.17) is 4.98 Å². The van der Waals surface area contributed by atoms with E-state index in [1.807, 2.05) is 50.4 Å². The monoisotopic (exact) mass is 456 g/mol. The van der Waals surface area contributed by atoms with Gasteiger partial charge in [-0.3, -0.25) is 9.89 Å². The quantitative estimate of drug-likeness (QED) is 0.386. The fourth-order valence-electron chi connectivity index (χ4n) is 4.26. The molecule has 9 heteroatoms. The number of aromatic amines is 1. The van der Waals surface area contributed by atoms with E-state index in [-0.39, 0.29) is 23.8 Å². The molecule has 0 saturated heterocycles. The Morgan fingerprint density at radius 1 is 1.18 bits per heavy atom. The zero-order chi connectivity index (χ0) is 23.7. The van der Waals surface area contributed by atoms with Gasteiger partial charge in [0.15, 0.2) is 11.6 Å². The summed E-state index contributed by atoms with van der Waals surface area (Å²) in [6.07, 6.45) is 6.95. The van der Waals surface area contributed by atoms with Gasteiger partial charge in [0.2, 0.25) is 5.91 Å². The highest BCUT2D eigenvalue weighted by molar-refractivity contribution is 5.80. The van der Waals surface area contributed by atoms with Crippen LogP contribution in [0.25, 0.3) is 5.82 Å². The summed E-state index contributed by atoms with van der Waals surface area (Å²) in [5, 5.41) is 17.7. The average molecular weight is 457 g/mol. The van der Waals surface area contributed by atoms with Gasteiger partial charge in [-0.15, -0.1) is 0 Å². The molecule has 1 aliphatic rings. The number of H-pyrrole nitrogens is 1. The van der Waals surface area contributed by atoms with Gasteiger partial charge in [-0.25, -0.2) is 14.6 Å². The minimum absolute atomic E-state index is 0.00327. The summed E-state index contributed by atoms with van der Waals surface area (Å²) >= 11 is 0. The fourth-order valence-corrected chi connectivity index (χ4v) is 4.26. The van der Waals surface area contributed by atoms with Gasteiger partial charge in [-0.2, -0.15) is 10.2 Å². The molecule has 1 fully saturated rings. The molecular weight excluding hydrogens is 428 g/mol. The van der Waals surface area contributed by atoms with E-state index in [1.54, 1.807) is 17.1 Å². The van der Waals surface area contributed by atoms with Crippen molar-refractivity contribution in [2.45, 2.75) is 45.6 Å². The van der Waals surface area contributed by atoms with Crippen LogP contribution in [0.5, 0.6) is 0 Å². The molecule has 1 amide bonds. The van der Waals surface area contributed by atoms with Gasteiger partial charge >= 0.3 is 0 Å². The molecule has 3 N–H and O–H groups in total. The number of hydrogen-bond donors (Lipinski definition) is 3. The molecule has 0 aliphatic heterocycles. The second kappa shape index (κ2) is 9.09. The van der Waals surface area contributed by atoms with E-state index in [9.17, 15) is 4.79 Å². The number of aryl methyl sites for hydroxylation is 2. The molecular formula is C25H28N8O. The third kappa shape index (κ3) is 4.68. The third-order valence-corrected chi connectivity index (χ3v) is 6.25. The van der Waals surface area contributed by atoms with Crippen molar-refractivity contribution in [3.63, 3.8) is 0 Å². The number of aromatic nitrogens is 6. The lowest BCUT2D eigenvalue weighted by Crippen LogP contribution is -2.39. The van der Waals surface area contributed by atoms with Crippen LogP contribution in [0.1, 0.15) is 54.2 Å². The summed E-state index contributed by atoms with van der Waals surface area (Å²) in [5.74, 6) is 2.62. The van der Waals surface area contributed by atoms with E-state index in [2.05, 4.69) is 43.9 Å². The van der Waals surface area contributed by atoms with Crippen molar-refractivity contribution in [1.82, 2.24) is 35.3 Å². The molecule has 5 rings (SSSR count). The maximum absolute atomic E-state index is 12.8. The van der Waals surface area contributed by atoms with E-state index >= 15 is 0 Å². The van der Waals surface area contributed by atoms with Gasteiger partial charge in [0.25, 0.3) is 0 Å². The van der Waals surface area contributed by atoms with E-state index < -0.39 is 0 Å². The summed E-state index contributed by atoms with van der Waals surface area (Å²) in [6, 6.07) is 11.7. The lowest BCUT2D eigenvalue weighted by atomic mass is 9.72. The lowest BCUT2D eigenvalue weighted by Gasteiger charge is -2.35. The fraction of sp³-hybridized carbons (Fsp3) is 0.320. The number of carbonyl (C=O) groups is 1. The highest BCUT2D eigenvalue weighted by Gasteiger charge is 2.36. The number of nitrogens with one attached hydrogen (secondary N) is 3. The number of pyridine rings is 2. The first-order valence-electron chi connectivity index (χ1n) is 11.5. The number of amides is 1. The van der Waals surface area contributed by atoms with Crippen LogP contribution in [-0.4, -0.2) is 35.9 Å². The molecule has 4 aromatic heterocycles. The highest BCUT2D eigenvalue weighted by atomic mass is 16.2. The number of hydrogen-bond acceptors (Lipinski definition) is 6. The van der Waals surface area contributed by atoms with Crippen LogP contribution < -0.4 is 10.6 Å². The Balaban J connectivity index is 1.17. The first kappa shape index (κ1) is 21.8. The average Bonchev–Trinajstić information content (AvgIpc) is 3.44. The Morgan fingerprint density at radius 3 is 2.71 bits per heavy atom. The van der Waals surface area contributed by atoms with Crippen LogP contribution in [0.2, 0.25) is 0 Å². The Hall–Kier alpha value is -4.01. The highest BCUT2D eigenvalue weighted by Crippen LogP contribution is 2.42. The normalized spacial score (nSPS) is 18.2. The molecule has 1 aliphatic carbocycles. The maximum atomic E-state index is 12.8. The number of carbonyl (C=O) groups excluding carboxylic acids is 1. The summed E-state index contributed by atoms with van der Waals surface area (Å²) in [7, 11) is 0. The lowest BCUT2D eigenvalue weighted by molar-refractivity contribution is -0.128. The molecule has 4 aromatic rings. The summed E-state index contributed by atoms with van der Waals surface area (Å²) < 4.78 is 1.71. The van der Waals surface area contributed by atoms with Gasteiger partial charge in [-0.05, 0) is 69.0 Å². The zero-order valence-corrected chi connectivity index (χ0v) is 19.5. The Labute approximate surface area is 198 Å². The SMILES string of the molecule is Cc1cc(Nc2cc(C)[nH]n2)nc([C@H]2C[C@@H](C(=O)N[C@@H](C)c3ccc(-n4cccn4)nc3)C2)c1. The van der Waals surface area contributed by atoms with Gasteiger partial charge in [0, 0.05) is 47.9 Å². The van der Waals surface area contributed by atoms with Crippen LogP contribution >= 0.6 is 0 Å². The minimum Gasteiger partial charge on any atom is -0.349 e. The van der Waals surface area contributed by atoms with Crippen molar-refractivity contribution in [2.75, 3.05) is 5.32 Å². The number of nitrogens with zero attached hydrogens (tertiary/aromatic N) is 5. The van der Waals surface area contributed by atoms with Crippen molar-refractivity contribution in [1.29, 1.82) is 0 Å². The first-order valence-corrected chi connectivity index (χ1v) is 11.5. The van der Waals surface area contributed by atoms with Crippen molar-refractivity contribution < 1.29 is 4.79 Å². The number of anilines is 2. The molecule has 0 bridgehead atoms. The summed E-state index contributed by atoms with van der Waals surface area (Å²) in [4.78, 5) is 22.1. The predicted molar refractivity (Wildman–Crippen MR) is 129 cm³/mol. The standard InChI is InChI=1S/C25H28N8O/c1-15-9-21(29-22(10-15)30-23-11-16(2)31-32-23)19-12-20(13-19)25(34)28-17(3)18-5-6-24(26-14-18)33-8-4-7-27-33/h4-11,14,17,19-20H,12-13H2,1-3H3,(H,28,34)(H2,29,30,31,32)/t17-,19-,20+/m0/s1. The van der Waals surface area contributed by atoms with Crippen molar-refractivity contribution in [2.24, 2.45) is 5.92 Å². The van der Waals surface area contributed by atoms with Crippen molar-refractivity contribution >= 4 is 17.5 Å². The second-order valence-electron chi connectivity index (χ2n) is 9.01. The maximum Gasteiger partial charge on any atom is 0.223 e. The molecule has 1 saturated carbocycles. The molecule has 1 atom stereocenters. The molecule has 0 unspecified atom stereocenters. The third-order valence-electron chi connectivity index (χ3n) is 6.25. The smallest absolute Gasteiger partial charge is 0.223 e. The van der Waals surface area contributed by atoms with Crippen LogP contribution in [0, 0.1) is 19.8 Å². The van der Waals surface area contributed by atoms with Crippen molar-refractivity contribution in [3.05, 3.63) is 77.5 Å². The van der Waals surface area contributed by atoms with E-state index in [0.717, 1.165) is 52.8 Å². The minimum atomic E-state index is -0.115. The molecule has 0 spiro atoms. The van der Waals surface area contributed by atoms with E-state index in [0.29, 0.717) is 0 Å². The molecule has 9 nitrogen and oxygen atoms in total. The molecule has 174 valence electrons. The summed E-state index contributed by atoms with van der Waals surface area (Å²) in [6.45, 7) is 6.00. The number of rotatable bonds is 7. The van der Waals surface area contributed by atoms with Crippen LogP contribution in [-0.2, 0) is 4.79 Å².